The van der Waals surface area contributed by atoms with E-state index in [9.17, 15) is 17.6 Å². The van der Waals surface area contributed by atoms with Crippen LogP contribution in [0.4, 0.5) is 4.39 Å². The van der Waals surface area contributed by atoms with Crippen LogP contribution in [0.2, 0.25) is 0 Å². The van der Waals surface area contributed by atoms with E-state index in [2.05, 4.69) is 15.3 Å². The Morgan fingerprint density at radius 1 is 1.09 bits per heavy atom. The second kappa shape index (κ2) is 9.79. The highest BCUT2D eigenvalue weighted by Gasteiger charge is 2.18. The topological polar surface area (TPSA) is 120 Å². The van der Waals surface area contributed by atoms with Crippen LogP contribution in [0.1, 0.15) is 10.5 Å². The molecule has 2 heterocycles. The standard InChI is InChI=1S/C22H24FN5O4S/c23-17-3-1-16(2-4-17)21-15-20(22(29)25-9-10-27-11-13-32-14-12-27)26-28(21)18-5-7-19(8-6-18)33(24,30)31/h1-8,15H,9-14H2,(H,25,29)(H2,24,30,31). The number of sulfonamides is 1. The molecule has 1 amide bonds. The highest BCUT2D eigenvalue weighted by atomic mass is 32.2. The smallest absolute Gasteiger partial charge is 0.271 e. The monoisotopic (exact) mass is 473 g/mol. The Bertz CT molecular complexity index is 1220. The Kier molecular flexibility index (Phi) is 6.84. The van der Waals surface area contributed by atoms with Crippen molar-refractivity contribution in [2.75, 3.05) is 39.4 Å². The van der Waals surface area contributed by atoms with E-state index < -0.39 is 10.0 Å². The third-order valence-electron chi connectivity index (χ3n) is 5.31. The van der Waals surface area contributed by atoms with Gasteiger partial charge < -0.3 is 10.1 Å². The number of nitrogens with two attached hydrogens (primary N) is 1. The number of rotatable bonds is 7. The number of ether oxygens (including phenoxy) is 1. The van der Waals surface area contributed by atoms with E-state index in [1.807, 2.05) is 0 Å². The van der Waals surface area contributed by atoms with Crippen molar-refractivity contribution in [1.29, 1.82) is 0 Å². The summed E-state index contributed by atoms with van der Waals surface area (Å²) in [6.45, 7) is 4.19. The summed E-state index contributed by atoms with van der Waals surface area (Å²) in [5, 5.41) is 12.5. The number of amides is 1. The number of nitrogens with one attached hydrogen (secondary N) is 1. The largest absolute Gasteiger partial charge is 0.379 e. The highest BCUT2D eigenvalue weighted by Crippen LogP contribution is 2.25. The first-order valence-electron chi connectivity index (χ1n) is 10.4. The summed E-state index contributed by atoms with van der Waals surface area (Å²) in [5.41, 5.74) is 1.91. The third-order valence-corrected chi connectivity index (χ3v) is 6.24. The average Bonchev–Trinajstić information content (AvgIpc) is 3.25. The van der Waals surface area contributed by atoms with Crippen LogP contribution in [0.15, 0.2) is 59.5 Å². The zero-order chi connectivity index (χ0) is 23.4. The highest BCUT2D eigenvalue weighted by molar-refractivity contribution is 7.89. The normalized spacial score (nSPS) is 14.8. The predicted octanol–water partition coefficient (Wildman–Crippen LogP) is 1.39. The summed E-state index contributed by atoms with van der Waals surface area (Å²) >= 11 is 0. The third kappa shape index (κ3) is 5.63. The van der Waals surface area contributed by atoms with Crippen LogP contribution in [0.25, 0.3) is 16.9 Å². The first kappa shape index (κ1) is 23.1. The SMILES string of the molecule is NS(=O)(=O)c1ccc(-n2nc(C(=O)NCCN3CCOCC3)cc2-c2ccc(F)cc2)cc1. The number of carbonyl (C=O) groups excluding carboxylic acids is 1. The zero-order valence-corrected chi connectivity index (χ0v) is 18.6. The zero-order valence-electron chi connectivity index (χ0n) is 17.8. The van der Waals surface area contributed by atoms with Crippen molar-refractivity contribution in [1.82, 2.24) is 20.0 Å². The van der Waals surface area contributed by atoms with Gasteiger partial charge in [-0.3, -0.25) is 9.69 Å². The molecule has 0 radical (unpaired) electrons. The number of hydrogen-bond acceptors (Lipinski definition) is 6. The van der Waals surface area contributed by atoms with E-state index in [1.54, 1.807) is 30.3 Å². The molecule has 2 aromatic carbocycles. The molecule has 4 rings (SSSR count). The van der Waals surface area contributed by atoms with Crippen molar-refractivity contribution in [3.05, 3.63) is 66.1 Å². The van der Waals surface area contributed by atoms with E-state index in [4.69, 9.17) is 9.88 Å². The van der Waals surface area contributed by atoms with Crippen molar-refractivity contribution < 1.29 is 22.3 Å². The first-order valence-corrected chi connectivity index (χ1v) is 11.9. The molecular formula is C22H24FN5O4S. The molecule has 11 heteroatoms. The fourth-order valence-electron chi connectivity index (χ4n) is 3.54. The van der Waals surface area contributed by atoms with Gasteiger partial charge in [0, 0.05) is 31.7 Å². The molecule has 0 bridgehead atoms. The molecule has 1 aliphatic heterocycles. The van der Waals surface area contributed by atoms with Gasteiger partial charge in [-0.05, 0) is 54.6 Å². The predicted molar refractivity (Wildman–Crippen MR) is 120 cm³/mol. The van der Waals surface area contributed by atoms with Crippen LogP contribution in [0, 0.1) is 5.82 Å². The second-order valence-electron chi connectivity index (χ2n) is 7.58. The van der Waals surface area contributed by atoms with Crippen molar-refractivity contribution in [2.45, 2.75) is 4.90 Å². The summed E-state index contributed by atoms with van der Waals surface area (Å²) in [7, 11) is -3.84. The van der Waals surface area contributed by atoms with Crippen LogP contribution in [-0.4, -0.2) is 68.4 Å². The van der Waals surface area contributed by atoms with Crippen molar-refractivity contribution in [2.24, 2.45) is 5.14 Å². The summed E-state index contributed by atoms with van der Waals surface area (Å²) in [6, 6.07) is 13.2. The number of primary sulfonamides is 1. The molecule has 1 fully saturated rings. The molecule has 0 unspecified atom stereocenters. The average molecular weight is 474 g/mol. The lowest BCUT2D eigenvalue weighted by Crippen LogP contribution is -2.41. The van der Waals surface area contributed by atoms with Crippen molar-refractivity contribution in [3.63, 3.8) is 0 Å². The van der Waals surface area contributed by atoms with E-state index in [0.29, 0.717) is 43.2 Å². The molecule has 9 nitrogen and oxygen atoms in total. The number of aromatic nitrogens is 2. The number of halogens is 1. The number of nitrogens with zero attached hydrogens (tertiary/aromatic N) is 3. The maximum atomic E-state index is 13.4. The Morgan fingerprint density at radius 3 is 2.39 bits per heavy atom. The molecule has 174 valence electrons. The van der Waals surface area contributed by atoms with Gasteiger partial charge >= 0.3 is 0 Å². The maximum absolute atomic E-state index is 13.4. The summed E-state index contributed by atoms with van der Waals surface area (Å²) in [4.78, 5) is 14.9. The van der Waals surface area contributed by atoms with Gasteiger partial charge in [-0.15, -0.1) is 0 Å². The van der Waals surface area contributed by atoms with Gasteiger partial charge in [0.1, 0.15) is 5.82 Å². The van der Waals surface area contributed by atoms with Gasteiger partial charge in [-0.1, -0.05) is 0 Å². The van der Waals surface area contributed by atoms with Gasteiger partial charge in [0.15, 0.2) is 5.69 Å². The van der Waals surface area contributed by atoms with Gasteiger partial charge in [0.2, 0.25) is 10.0 Å². The van der Waals surface area contributed by atoms with Crippen molar-refractivity contribution in [3.8, 4) is 16.9 Å². The van der Waals surface area contributed by atoms with E-state index in [0.717, 1.165) is 13.1 Å². The second-order valence-corrected chi connectivity index (χ2v) is 9.14. The molecule has 3 N–H and O–H groups in total. The van der Waals surface area contributed by atoms with Crippen LogP contribution in [0.5, 0.6) is 0 Å². The number of hydrogen-bond donors (Lipinski definition) is 2. The summed E-state index contributed by atoms with van der Waals surface area (Å²) < 4.78 is 43.4. The fourth-order valence-corrected chi connectivity index (χ4v) is 4.05. The first-order chi connectivity index (χ1) is 15.8. The Hall–Kier alpha value is -3.12. The molecule has 1 aromatic heterocycles. The molecule has 3 aromatic rings. The molecule has 1 saturated heterocycles. The van der Waals surface area contributed by atoms with Crippen LogP contribution in [-0.2, 0) is 14.8 Å². The minimum Gasteiger partial charge on any atom is -0.379 e. The molecule has 1 aliphatic rings. The Morgan fingerprint density at radius 2 is 1.76 bits per heavy atom. The molecule has 0 aliphatic carbocycles. The van der Waals surface area contributed by atoms with Crippen LogP contribution in [0.3, 0.4) is 0 Å². The lowest BCUT2D eigenvalue weighted by Gasteiger charge is -2.26. The number of morpholine rings is 1. The van der Waals surface area contributed by atoms with Gasteiger partial charge in [-0.2, -0.15) is 5.10 Å². The summed E-state index contributed by atoms with van der Waals surface area (Å²) in [5.74, 6) is -0.727. The van der Waals surface area contributed by atoms with E-state index in [-0.39, 0.29) is 22.3 Å². The minimum absolute atomic E-state index is 0.0391. The molecule has 0 spiro atoms. The fraction of sp³-hybridized carbons (Fsp3) is 0.273. The van der Waals surface area contributed by atoms with Gasteiger partial charge in [-0.25, -0.2) is 22.6 Å². The molecule has 33 heavy (non-hydrogen) atoms. The van der Waals surface area contributed by atoms with Crippen molar-refractivity contribution >= 4 is 15.9 Å². The lowest BCUT2D eigenvalue weighted by molar-refractivity contribution is 0.0383. The van der Waals surface area contributed by atoms with E-state index in [1.165, 1.54) is 28.9 Å². The van der Waals surface area contributed by atoms with Gasteiger partial charge in [0.05, 0.1) is 29.5 Å². The van der Waals surface area contributed by atoms with Crippen LogP contribution >= 0.6 is 0 Å². The minimum atomic E-state index is -3.84. The quantitative estimate of drug-likeness (QED) is 0.535. The Labute approximate surface area is 191 Å². The van der Waals surface area contributed by atoms with Gasteiger partial charge in [0.25, 0.3) is 5.91 Å². The maximum Gasteiger partial charge on any atom is 0.271 e. The van der Waals surface area contributed by atoms with Crippen LogP contribution < -0.4 is 10.5 Å². The molecule has 0 saturated carbocycles. The number of benzene rings is 2. The van der Waals surface area contributed by atoms with E-state index >= 15 is 0 Å². The summed E-state index contributed by atoms with van der Waals surface area (Å²) in [6.07, 6.45) is 0. The molecular weight excluding hydrogens is 449 g/mol. The Balaban J connectivity index is 1.59. The lowest BCUT2D eigenvalue weighted by atomic mass is 10.1. The molecule has 0 atom stereocenters. The number of carbonyl (C=O) groups is 1.